The quantitative estimate of drug-likeness (QED) is 0.866. The molecule has 2 aromatic rings. The van der Waals surface area contributed by atoms with Gasteiger partial charge < -0.3 is 9.80 Å². The molecule has 0 aromatic carbocycles. The third-order valence-corrected chi connectivity index (χ3v) is 4.53. The van der Waals surface area contributed by atoms with Gasteiger partial charge in [-0.25, -0.2) is 9.97 Å². The van der Waals surface area contributed by atoms with Crippen LogP contribution in [0, 0.1) is 13.8 Å². The van der Waals surface area contributed by atoms with Crippen molar-refractivity contribution in [1.82, 2.24) is 19.9 Å². The van der Waals surface area contributed by atoms with E-state index >= 15 is 0 Å². The standard InChI is InChI=1S/C18H23N5O/c1-5-22-10-11-23(14(4)17(22)24)18-19-9-8-16(21-18)15-7-6-12(2)20-13(15)3/h6-9,14H,5,10-11H2,1-4H3/t14-/m1/s1. The Morgan fingerprint density at radius 3 is 2.67 bits per heavy atom. The normalized spacial score (nSPS) is 18.2. The van der Waals surface area contributed by atoms with E-state index in [-0.39, 0.29) is 11.9 Å². The van der Waals surface area contributed by atoms with Crippen LogP contribution in [0.3, 0.4) is 0 Å². The van der Waals surface area contributed by atoms with Crippen molar-refractivity contribution < 1.29 is 4.79 Å². The lowest BCUT2D eigenvalue weighted by atomic mass is 10.1. The number of likely N-dealkylation sites (N-methyl/N-ethyl adjacent to an activating group) is 1. The molecule has 0 saturated carbocycles. The highest BCUT2D eigenvalue weighted by Gasteiger charge is 2.32. The van der Waals surface area contributed by atoms with Gasteiger partial charge in [-0.2, -0.15) is 0 Å². The summed E-state index contributed by atoms with van der Waals surface area (Å²) >= 11 is 0. The average molecular weight is 325 g/mol. The van der Waals surface area contributed by atoms with Gasteiger partial charge in [0.2, 0.25) is 11.9 Å². The van der Waals surface area contributed by atoms with E-state index in [1.54, 1.807) is 6.20 Å². The van der Waals surface area contributed by atoms with Gasteiger partial charge in [0, 0.05) is 42.8 Å². The molecular weight excluding hydrogens is 302 g/mol. The zero-order valence-electron chi connectivity index (χ0n) is 14.7. The van der Waals surface area contributed by atoms with Gasteiger partial charge >= 0.3 is 0 Å². The summed E-state index contributed by atoms with van der Waals surface area (Å²) in [5.74, 6) is 0.731. The SMILES string of the molecule is CCN1CCN(c2nccc(-c3ccc(C)nc3C)n2)[C@H](C)C1=O. The fourth-order valence-corrected chi connectivity index (χ4v) is 3.11. The molecule has 6 nitrogen and oxygen atoms in total. The van der Waals surface area contributed by atoms with Crippen LogP contribution in [-0.2, 0) is 4.79 Å². The van der Waals surface area contributed by atoms with E-state index in [1.807, 2.05) is 55.7 Å². The highest BCUT2D eigenvalue weighted by molar-refractivity contribution is 5.85. The third kappa shape index (κ3) is 2.96. The van der Waals surface area contributed by atoms with Gasteiger partial charge in [-0.3, -0.25) is 9.78 Å². The number of anilines is 1. The van der Waals surface area contributed by atoms with E-state index in [0.717, 1.165) is 35.7 Å². The average Bonchev–Trinajstić information content (AvgIpc) is 2.57. The maximum atomic E-state index is 12.4. The topological polar surface area (TPSA) is 62.2 Å². The van der Waals surface area contributed by atoms with Crippen molar-refractivity contribution in [3.8, 4) is 11.3 Å². The van der Waals surface area contributed by atoms with Crippen LogP contribution >= 0.6 is 0 Å². The number of piperazine rings is 1. The van der Waals surface area contributed by atoms with Gasteiger partial charge in [0.25, 0.3) is 0 Å². The largest absolute Gasteiger partial charge is 0.339 e. The maximum absolute atomic E-state index is 12.4. The van der Waals surface area contributed by atoms with Gasteiger partial charge in [-0.05, 0) is 45.9 Å². The minimum absolute atomic E-state index is 0.130. The minimum Gasteiger partial charge on any atom is -0.339 e. The lowest BCUT2D eigenvalue weighted by Crippen LogP contribution is -2.56. The molecule has 1 aliphatic rings. The molecule has 0 spiro atoms. The Morgan fingerprint density at radius 1 is 1.17 bits per heavy atom. The fraction of sp³-hybridized carbons (Fsp3) is 0.444. The Kier molecular flexibility index (Phi) is 4.46. The number of hydrogen-bond acceptors (Lipinski definition) is 5. The minimum atomic E-state index is -0.244. The first-order chi connectivity index (χ1) is 11.5. The Balaban J connectivity index is 1.92. The van der Waals surface area contributed by atoms with Crippen LogP contribution in [0.4, 0.5) is 5.95 Å². The van der Waals surface area contributed by atoms with Crippen LogP contribution in [0.2, 0.25) is 0 Å². The molecule has 3 rings (SSSR count). The van der Waals surface area contributed by atoms with Crippen LogP contribution in [0.1, 0.15) is 25.2 Å². The smallest absolute Gasteiger partial charge is 0.245 e. The molecule has 0 bridgehead atoms. The molecule has 2 aromatic heterocycles. The lowest BCUT2D eigenvalue weighted by molar-refractivity contribution is -0.133. The molecule has 1 atom stereocenters. The molecule has 0 radical (unpaired) electrons. The molecule has 0 N–H and O–H groups in total. The van der Waals surface area contributed by atoms with Gasteiger partial charge in [0.1, 0.15) is 6.04 Å². The van der Waals surface area contributed by atoms with E-state index in [4.69, 9.17) is 4.98 Å². The van der Waals surface area contributed by atoms with Gasteiger partial charge in [0.15, 0.2) is 0 Å². The predicted octanol–water partition coefficient (Wildman–Crippen LogP) is 2.21. The van der Waals surface area contributed by atoms with E-state index in [0.29, 0.717) is 12.5 Å². The van der Waals surface area contributed by atoms with Crippen LogP contribution < -0.4 is 4.90 Å². The first kappa shape index (κ1) is 16.4. The Bertz CT molecular complexity index is 761. The maximum Gasteiger partial charge on any atom is 0.245 e. The second kappa shape index (κ2) is 6.55. The van der Waals surface area contributed by atoms with Crippen molar-refractivity contribution in [1.29, 1.82) is 0 Å². The van der Waals surface area contributed by atoms with Crippen LogP contribution in [0.25, 0.3) is 11.3 Å². The number of carbonyl (C=O) groups is 1. The summed E-state index contributed by atoms with van der Waals surface area (Å²) in [7, 11) is 0. The number of amides is 1. The highest BCUT2D eigenvalue weighted by atomic mass is 16.2. The second-order valence-electron chi connectivity index (χ2n) is 6.11. The summed E-state index contributed by atoms with van der Waals surface area (Å²) in [6.07, 6.45) is 1.75. The van der Waals surface area contributed by atoms with Gasteiger partial charge in [-0.15, -0.1) is 0 Å². The van der Waals surface area contributed by atoms with Crippen LogP contribution in [-0.4, -0.2) is 51.4 Å². The van der Waals surface area contributed by atoms with Crippen LogP contribution in [0.5, 0.6) is 0 Å². The molecule has 6 heteroatoms. The molecule has 1 aliphatic heterocycles. The summed E-state index contributed by atoms with van der Waals surface area (Å²) in [6, 6.07) is 5.66. The van der Waals surface area contributed by atoms with Crippen molar-refractivity contribution in [3.05, 3.63) is 35.8 Å². The highest BCUT2D eigenvalue weighted by Crippen LogP contribution is 2.24. The number of hydrogen-bond donors (Lipinski definition) is 0. The van der Waals surface area contributed by atoms with Crippen molar-refractivity contribution in [2.75, 3.05) is 24.5 Å². The molecule has 1 saturated heterocycles. The third-order valence-electron chi connectivity index (χ3n) is 4.53. The summed E-state index contributed by atoms with van der Waals surface area (Å²) < 4.78 is 0. The van der Waals surface area contributed by atoms with E-state index in [9.17, 15) is 4.79 Å². The van der Waals surface area contributed by atoms with Gasteiger partial charge in [-0.1, -0.05) is 0 Å². The van der Waals surface area contributed by atoms with E-state index < -0.39 is 0 Å². The lowest BCUT2D eigenvalue weighted by Gasteiger charge is -2.38. The fourth-order valence-electron chi connectivity index (χ4n) is 3.11. The zero-order valence-corrected chi connectivity index (χ0v) is 14.7. The molecule has 0 aliphatic carbocycles. The summed E-state index contributed by atoms with van der Waals surface area (Å²) in [4.78, 5) is 29.9. The molecule has 1 amide bonds. The van der Waals surface area contributed by atoms with Crippen molar-refractivity contribution in [2.24, 2.45) is 0 Å². The summed E-state index contributed by atoms with van der Waals surface area (Å²) in [6.45, 7) is 10.1. The molecule has 0 unspecified atom stereocenters. The van der Waals surface area contributed by atoms with Crippen molar-refractivity contribution in [3.63, 3.8) is 0 Å². The summed E-state index contributed by atoms with van der Waals surface area (Å²) in [5, 5.41) is 0. The first-order valence-corrected chi connectivity index (χ1v) is 8.34. The first-order valence-electron chi connectivity index (χ1n) is 8.34. The number of nitrogens with zero attached hydrogens (tertiary/aromatic N) is 5. The molecule has 1 fully saturated rings. The Morgan fingerprint density at radius 2 is 1.96 bits per heavy atom. The zero-order chi connectivity index (χ0) is 17.3. The summed E-state index contributed by atoms with van der Waals surface area (Å²) in [5.41, 5.74) is 3.76. The number of pyridine rings is 1. The van der Waals surface area contributed by atoms with Gasteiger partial charge in [0.05, 0.1) is 5.69 Å². The molecular formula is C18H23N5O. The van der Waals surface area contributed by atoms with Crippen molar-refractivity contribution >= 4 is 11.9 Å². The van der Waals surface area contributed by atoms with Crippen LogP contribution in [0.15, 0.2) is 24.4 Å². The number of carbonyl (C=O) groups excluding carboxylic acids is 1. The number of rotatable bonds is 3. The predicted molar refractivity (Wildman–Crippen MR) is 93.8 cm³/mol. The molecule has 126 valence electrons. The second-order valence-corrected chi connectivity index (χ2v) is 6.11. The number of aryl methyl sites for hydroxylation is 2. The van der Waals surface area contributed by atoms with E-state index in [1.165, 1.54) is 0 Å². The monoisotopic (exact) mass is 325 g/mol. The molecule has 3 heterocycles. The Labute approximate surface area is 142 Å². The van der Waals surface area contributed by atoms with Crippen molar-refractivity contribution in [2.45, 2.75) is 33.7 Å². The molecule has 24 heavy (non-hydrogen) atoms. The number of aromatic nitrogens is 3. The Hall–Kier alpha value is -2.50. The van der Waals surface area contributed by atoms with E-state index in [2.05, 4.69) is 9.97 Å².